The smallest absolute Gasteiger partial charge is 0.243 e. The van der Waals surface area contributed by atoms with Gasteiger partial charge in [0, 0.05) is 12.2 Å². The predicted molar refractivity (Wildman–Crippen MR) is 70.5 cm³/mol. The summed E-state index contributed by atoms with van der Waals surface area (Å²) in [5, 5.41) is -0.302. The van der Waals surface area contributed by atoms with E-state index in [1.165, 1.54) is 6.07 Å². The normalized spacial score (nSPS) is 11.7. The summed E-state index contributed by atoms with van der Waals surface area (Å²) in [7, 11) is -3.91. The van der Waals surface area contributed by atoms with Crippen LogP contribution in [0.4, 0.5) is 10.1 Å². The maximum absolute atomic E-state index is 13.6. The lowest BCUT2D eigenvalue weighted by molar-refractivity contribution is 0.554. The van der Waals surface area contributed by atoms with Crippen LogP contribution in [0.25, 0.3) is 0 Å². The fourth-order valence-corrected chi connectivity index (χ4v) is 2.93. The summed E-state index contributed by atoms with van der Waals surface area (Å²) in [5.74, 6) is -0.978. The summed E-state index contributed by atoms with van der Waals surface area (Å²) >= 11 is 5.56. The Kier molecular flexibility index (Phi) is 5.37. The van der Waals surface area contributed by atoms with Gasteiger partial charge in [0.25, 0.3) is 0 Å². The highest BCUT2D eigenvalue weighted by Crippen LogP contribution is 2.25. The van der Waals surface area contributed by atoms with E-state index in [2.05, 4.69) is 4.72 Å². The highest BCUT2D eigenvalue weighted by atomic mass is 35.5. The van der Waals surface area contributed by atoms with Crippen LogP contribution in [0.2, 0.25) is 5.02 Å². The molecule has 0 spiro atoms. The Balaban J connectivity index is 2.91. The van der Waals surface area contributed by atoms with Gasteiger partial charge in [0.05, 0.1) is 5.02 Å². The highest BCUT2D eigenvalue weighted by molar-refractivity contribution is 7.89. The van der Waals surface area contributed by atoms with Crippen LogP contribution in [0.3, 0.4) is 0 Å². The average molecular weight is 295 g/mol. The highest BCUT2D eigenvalue weighted by Gasteiger charge is 2.21. The second kappa shape index (κ2) is 6.36. The van der Waals surface area contributed by atoms with Crippen molar-refractivity contribution in [1.82, 2.24) is 4.72 Å². The van der Waals surface area contributed by atoms with Crippen molar-refractivity contribution in [2.24, 2.45) is 0 Å². The van der Waals surface area contributed by atoms with Crippen LogP contribution in [0, 0.1) is 5.82 Å². The van der Waals surface area contributed by atoms with Gasteiger partial charge in [-0.2, -0.15) is 0 Å². The van der Waals surface area contributed by atoms with Crippen molar-refractivity contribution in [3.63, 3.8) is 0 Å². The van der Waals surface area contributed by atoms with Crippen LogP contribution in [-0.2, 0) is 10.0 Å². The van der Waals surface area contributed by atoms with Crippen LogP contribution in [0.15, 0.2) is 17.0 Å². The Morgan fingerprint density at radius 1 is 1.39 bits per heavy atom. The molecule has 0 unspecified atom stereocenters. The van der Waals surface area contributed by atoms with Crippen molar-refractivity contribution in [2.75, 3.05) is 12.3 Å². The van der Waals surface area contributed by atoms with E-state index in [-0.39, 0.29) is 17.3 Å². The molecule has 0 aromatic heterocycles. The average Bonchev–Trinajstić information content (AvgIpc) is 2.29. The lowest BCUT2D eigenvalue weighted by Crippen LogP contribution is -2.26. The summed E-state index contributed by atoms with van der Waals surface area (Å²) in [6, 6.07) is 2.23. The Hall–Kier alpha value is -0.850. The van der Waals surface area contributed by atoms with E-state index in [4.69, 9.17) is 17.3 Å². The van der Waals surface area contributed by atoms with Crippen molar-refractivity contribution < 1.29 is 12.8 Å². The minimum Gasteiger partial charge on any atom is -0.399 e. The number of halogens is 2. The minimum absolute atomic E-state index is 0.107. The second-order valence-corrected chi connectivity index (χ2v) is 6.06. The number of hydrogen-bond acceptors (Lipinski definition) is 3. The molecule has 102 valence electrons. The van der Waals surface area contributed by atoms with Gasteiger partial charge in [-0.25, -0.2) is 17.5 Å². The van der Waals surface area contributed by atoms with Gasteiger partial charge in [0.15, 0.2) is 5.82 Å². The summed E-state index contributed by atoms with van der Waals surface area (Å²) < 4.78 is 39.7. The molecule has 3 N–H and O–H groups in total. The zero-order chi connectivity index (χ0) is 13.8. The molecule has 1 aromatic carbocycles. The summed E-state index contributed by atoms with van der Waals surface area (Å²) in [6.07, 6.45) is 2.58. The van der Waals surface area contributed by atoms with Gasteiger partial charge in [-0.05, 0) is 18.6 Å². The molecular formula is C11H16ClFN2O2S. The van der Waals surface area contributed by atoms with Gasteiger partial charge in [-0.1, -0.05) is 31.4 Å². The van der Waals surface area contributed by atoms with Crippen molar-refractivity contribution in [3.05, 3.63) is 23.0 Å². The molecule has 0 atom stereocenters. The quantitative estimate of drug-likeness (QED) is 0.625. The van der Waals surface area contributed by atoms with Crippen molar-refractivity contribution in [3.8, 4) is 0 Å². The Morgan fingerprint density at radius 2 is 2.06 bits per heavy atom. The predicted octanol–water partition coefficient (Wildman–Crippen LogP) is 2.53. The molecular weight excluding hydrogens is 279 g/mol. The molecule has 7 heteroatoms. The first-order valence-corrected chi connectivity index (χ1v) is 7.48. The summed E-state index contributed by atoms with van der Waals surface area (Å²) in [6.45, 7) is 2.27. The van der Waals surface area contributed by atoms with Crippen LogP contribution < -0.4 is 10.5 Å². The van der Waals surface area contributed by atoms with E-state index in [0.29, 0.717) is 6.42 Å². The molecule has 0 saturated carbocycles. The zero-order valence-electron chi connectivity index (χ0n) is 10.0. The Bertz CT molecular complexity index is 520. The molecule has 1 aromatic rings. The molecule has 0 aliphatic heterocycles. The molecule has 18 heavy (non-hydrogen) atoms. The Morgan fingerprint density at radius 3 is 2.67 bits per heavy atom. The van der Waals surface area contributed by atoms with E-state index in [1.54, 1.807) is 0 Å². The van der Waals surface area contributed by atoms with Crippen LogP contribution in [0.1, 0.15) is 26.2 Å². The molecule has 0 aliphatic rings. The first kappa shape index (κ1) is 15.2. The van der Waals surface area contributed by atoms with E-state index in [1.807, 2.05) is 6.92 Å². The number of nitrogens with two attached hydrogens (primary N) is 1. The van der Waals surface area contributed by atoms with Crippen molar-refractivity contribution in [1.29, 1.82) is 0 Å². The van der Waals surface area contributed by atoms with Gasteiger partial charge in [0.2, 0.25) is 10.0 Å². The van der Waals surface area contributed by atoms with Crippen molar-refractivity contribution in [2.45, 2.75) is 31.1 Å². The summed E-state index contributed by atoms with van der Waals surface area (Å²) in [5.41, 5.74) is 5.56. The topological polar surface area (TPSA) is 72.2 Å². The number of unbranched alkanes of at least 4 members (excludes halogenated alkanes) is 2. The van der Waals surface area contributed by atoms with E-state index < -0.39 is 20.7 Å². The van der Waals surface area contributed by atoms with Crippen LogP contribution in [-0.4, -0.2) is 15.0 Å². The molecule has 0 aliphatic carbocycles. The number of nitrogen functional groups attached to an aromatic ring is 1. The molecule has 0 fully saturated rings. The molecule has 1 rings (SSSR count). The minimum atomic E-state index is -3.91. The van der Waals surface area contributed by atoms with E-state index >= 15 is 0 Å². The molecule has 0 saturated heterocycles. The third-order valence-corrected chi connectivity index (χ3v) is 4.11. The molecule has 0 radical (unpaired) electrons. The lowest BCUT2D eigenvalue weighted by Gasteiger charge is -2.09. The largest absolute Gasteiger partial charge is 0.399 e. The third kappa shape index (κ3) is 3.83. The number of benzene rings is 1. The van der Waals surface area contributed by atoms with Crippen LogP contribution >= 0.6 is 11.6 Å². The molecule has 4 nitrogen and oxygen atoms in total. The monoisotopic (exact) mass is 294 g/mol. The van der Waals surface area contributed by atoms with Crippen molar-refractivity contribution >= 4 is 27.3 Å². The second-order valence-electron chi connectivity index (χ2n) is 3.92. The number of rotatable bonds is 6. The van der Waals surface area contributed by atoms with Gasteiger partial charge in [-0.15, -0.1) is 0 Å². The summed E-state index contributed by atoms with van der Waals surface area (Å²) in [4.78, 5) is -0.510. The number of sulfonamides is 1. The molecule has 0 bridgehead atoms. The standard InChI is InChI=1S/C11H16ClFN2O2S/c1-2-3-4-5-15-18(16,17)10-7-8(14)6-9(12)11(10)13/h6-7,15H,2-5,14H2,1H3. The number of anilines is 1. The maximum Gasteiger partial charge on any atom is 0.243 e. The lowest BCUT2D eigenvalue weighted by atomic mass is 10.3. The SMILES string of the molecule is CCCCCNS(=O)(=O)c1cc(N)cc(Cl)c1F. The van der Waals surface area contributed by atoms with Gasteiger partial charge >= 0.3 is 0 Å². The fraction of sp³-hybridized carbons (Fsp3) is 0.455. The third-order valence-electron chi connectivity index (χ3n) is 2.38. The van der Waals surface area contributed by atoms with Crippen LogP contribution in [0.5, 0.6) is 0 Å². The Labute approximate surface area is 111 Å². The van der Waals surface area contributed by atoms with E-state index in [0.717, 1.165) is 18.9 Å². The first-order valence-electron chi connectivity index (χ1n) is 5.62. The number of hydrogen-bond donors (Lipinski definition) is 2. The van der Waals surface area contributed by atoms with Gasteiger partial charge < -0.3 is 5.73 Å². The molecule has 0 amide bonds. The van der Waals surface area contributed by atoms with Gasteiger partial charge in [-0.3, -0.25) is 0 Å². The van der Waals surface area contributed by atoms with E-state index in [9.17, 15) is 12.8 Å². The first-order chi connectivity index (χ1) is 8.38. The maximum atomic E-state index is 13.6. The van der Waals surface area contributed by atoms with Gasteiger partial charge in [0.1, 0.15) is 4.90 Å². The fourth-order valence-electron chi connectivity index (χ4n) is 1.44. The number of nitrogens with one attached hydrogen (secondary N) is 1. The zero-order valence-corrected chi connectivity index (χ0v) is 11.6. The molecule has 0 heterocycles.